The van der Waals surface area contributed by atoms with Gasteiger partial charge in [0.2, 0.25) is 5.76 Å². The van der Waals surface area contributed by atoms with Gasteiger partial charge in [0.1, 0.15) is 18.1 Å². The van der Waals surface area contributed by atoms with E-state index in [2.05, 4.69) is 0 Å². The molecule has 5 heteroatoms. The van der Waals surface area contributed by atoms with Crippen LogP contribution in [0, 0.1) is 6.92 Å². The summed E-state index contributed by atoms with van der Waals surface area (Å²) < 4.78 is 10.7. The number of aryl methyl sites for hydroxylation is 1. The predicted molar refractivity (Wildman–Crippen MR) is 67.1 cm³/mol. The maximum absolute atomic E-state index is 10.8. The summed E-state index contributed by atoms with van der Waals surface area (Å²) in [6, 6.07) is 8.72. The highest BCUT2D eigenvalue weighted by Gasteiger charge is 2.14. The minimum absolute atomic E-state index is 0.0750. The van der Waals surface area contributed by atoms with E-state index >= 15 is 0 Å². The first-order chi connectivity index (χ1) is 9.11. The van der Waals surface area contributed by atoms with Crippen molar-refractivity contribution in [3.63, 3.8) is 0 Å². The number of aliphatic hydroxyl groups excluding tert-OH is 1. The van der Waals surface area contributed by atoms with Crippen LogP contribution in [0.2, 0.25) is 0 Å². The Morgan fingerprint density at radius 1 is 1.37 bits per heavy atom. The molecule has 0 unspecified atom stereocenters. The van der Waals surface area contributed by atoms with Crippen LogP contribution in [0.15, 0.2) is 34.7 Å². The number of furan rings is 1. The Morgan fingerprint density at radius 2 is 2.11 bits per heavy atom. The number of carboxylic acid groups (broad SMARTS) is 1. The highest BCUT2D eigenvalue weighted by atomic mass is 16.5. The molecule has 0 saturated carbocycles. The summed E-state index contributed by atoms with van der Waals surface area (Å²) in [4.78, 5) is 10.8. The summed E-state index contributed by atoms with van der Waals surface area (Å²) in [5.41, 5.74) is 1.23. The molecule has 0 aliphatic carbocycles. The SMILES string of the molecule is Cc1cc(COc2ccccc2CO)oc1C(=O)O. The fourth-order valence-electron chi connectivity index (χ4n) is 1.76. The van der Waals surface area contributed by atoms with Crippen LogP contribution in [0.1, 0.15) is 27.4 Å². The van der Waals surface area contributed by atoms with Gasteiger partial charge in [-0.2, -0.15) is 0 Å². The minimum Gasteiger partial charge on any atom is -0.485 e. The van der Waals surface area contributed by atoms with Crippen molar-refractivity contribution in [1.82, 2.24) is 0 Å². The monoisotopic (exact) mass is 262 g/mol. The molecule has 0 amide bonds. The van der Waals surface area contributed by atoms with Gasteiger partial charge >= 0.3 is 5.97 Å². The van der Waals surface area contributed by atoms with Gasteiger partial charge in [-0.3, -0.25) is 0 Å². The normalized spacial score (nSPS) is 10.4. The van der Waals surface area contributed by atoms with E-state index in [1.807, 2.05) is 0 Å². The lowest BCUT2D eigenvalue weighted by molar-refractivity contribution is 0.0657. The average Bonchev–Trinajstić information content (AvgIpc) is 2.78. The summed E-state index contributed by atoms with van der Waals surface area (Å²) in [7, 11) is 0. The number of para-hydroxylation sites is 1. The Balaban J connectivity index is 2.10. The molecule has 0 radical (unpaired) electrons. The van der Waals surface area contributed by atoms with Gasteiger partial charge < -0.3 is 19.4 Å². The topological polar surface area (TPSA) is 79.9 Å². The van der Waals surface area contributed by atoms with Crippen molar-refractivity contribution in [3.8, 4) is 5.75 Å². The molecule has 0 aliphatic heterocycles. The number of carbonyl (C=O) groups is 1. The van der Waals surface area contributed by atoms with Crippen LogP contribution < -0.4 is 4.74 Å². The lowest BCUT2D eigenvalue weighted by Crippen LogP contribution is -1.98. The van der Waals surface area contributed by atoms with E-state index in [4.69, 9.17) is 19.4 Å². The van der Waals surface area contributed by atoms with Crippen LogP contribution in [0.4, 0.5) is 0 Å². The van der Waals surface area contributed by atoms with Crippen molar-refractivity contribution in [3.05, 3.63) is 53.0 Å². The highest BCUT2D eigenvalue weighted by Crippen LogP contribution is 2.21. The van der Waals surface area contributed by atoms with E-state index in [0.29, 0.717) is 22.6 Å². The van der Waals surface area contributed by atoms with Gasteiger partial charge in [0.15, 0.2) is 0 Å². The molecule has 0 fully saturated rings. The largest absolute Gasteiger partial charge is 0.485 e. The molecule has 19 heavy (non-hydrogen) atoms. The number of benzene rings is 1. The lowest BCUT2D eigenvalue weighted by atomic mass is 10.2. The van der Waals surface area contributed by atoms with Gasteiger partial charge in [-0.05, 0) is 19.1 Å². The van der Waals surface area contributed by atoms with Crippen molar-refractivity contribution in [2.45, 2.75) is 20.1 Å². The van der Waals surface area contributed by atoms with Crippen LogP contribution >= 0.6 is 0 Å². The smallest absolute Gasteiger partial charge is 0.372 e. The zero-order chi connectivity index (χ0) is 13.8. The van der Waals surface area contributed by atoms with E-state index in [1.165, 1.54) is 0 Å². The van der Waals surface area contributed by atoms with E-state index < -0.39 is 5.97 Å². The third-order valence-electron chi connectivity index (χ3n) is 2.68. The molecule has 100 valence electrons. The molecule has 5 nitrogen and oxygen atoms in total. The van der Waals surface area contributed by atoms with Gasteiger partial charge in [-0.15, -0.1) is 0 Å². The van der Waals surface area contributed by atoms with Crippen LogP contribution in [0.5, 0.6) is 5.75 Å². The first kappa shape index (κ1) is 13.2. The summed E-state index contributed by atoms with van der Waals surface area (Å²) in [6.07, 6.45) is 0. The fourth-order valence-corrected chi connectivity index (χ4v) is 1.76. The van der Waals surface area contributed by atoms with Gasteiger partial charge in [-0.25, -0.2) is 4.79 Å². The Hall–Kier alpha value is -2.27. The van der Waals surface area contributed by atoms with E-state index in [-0.39, 0.29) is 19.0 Å². The van der Waals surface area contributed by atoms with Crippen LogP contribution in [-0.4, -0.2) is 16.2 Å². The Kier molecular flexibility index (Phi) is 3.87. The molecular formula is C14H14O5. The summed E-state index contributed by atoms with van der Waals surface area (Å²) in [5.74, 6) is -0.188. The average molecular weight is 262 g/mol. The van der Waals surface area contributed by atoms with Gasteiger partial charge in [0, 0.05) is 11.1 Å². The van der Waals surface area contributed by atoms with Crippen LogP contribution in [0.3, 0.4) is 0 Å². The number of hydrogen-bond donors (Lipinski definition) is 2. The molecule has 2 rings (SSSR count). The van der Waals surface area contributed by atoms with Crippen LogP contribution in [-0.2, 0) is 13.2 Å². The summed E-state index contributed by atoms with van der Waals surface area (Å²) in [6.45, 7) is 1.66. The quantitative estimate of drug-likeness (QED) is 0.864. The fraction of sp³-hybridized carbons (Fsp3) is 0.214. The van der Waals surface area contributed by atoms with E-state index in [9.17, 15) is 4.79 Å². The molecule has 1 heterocycles. The van der Waals surface area contributed by atoms with Crippen molar-refractivity contribution in [1.29, 1.82) is 0 Å². The number of ether oxygens (including phenoxy) is 1. The maximum atomic E-state index is 10.8. The number of aliphatic hydroxyl groups is 1. The third kappa shape index (κ3) is 2.95. The van der Waals surface area contributed by atoms with Gasteiger partial charge in [0.25, 0.3) is 0 Å². The first-order valence-electron chi connectivity index (χ1n) is 5.76. The van der Waals surface area contributed by atoms with Crippen molar-refractivity contribution >= 4 is 5.97 Å². The second kappa shape index (κ2) is 5.58. The van der Waals surface area contributed by atoms with E-state index in [1.54, 1.807) is 37.3 Å². The Labute approximate surface area is 110 Å². The van der Waals surface area contributed by atoms with Crippen LogP contribution in [0.25, 0.3) is 0 Å². The Morgan fingerprint density at radius 3 is 2.74 bits per heavy atom. The maximum Gasteiger partial charge on any atom is 0.372 e. The standard InChI is InChI=1S/C14H14O5/c1-9-6-11(19-13(9)14(16)17)8-18-12-5-3-2-4-10(12)7-15/h2-6,15H,7-8H2,1H3,(H,16,17). The van der Waals surface area contributed by atoms with Gasteiger partial charge in [-0.1, -0.05) is 18.2 Å². The second-order valence-corrected chi connectivity index (χ2v) is 4.08. The Bertz CT molecular complexity index is 585. The summed E-state index contributed by atoms with van der Waals surface area (Å²) >= 11 is 0. The minimum atomic E-state index is -1.10. The molecule has 0 aliphatic rings. The molecule has 2 aromatic rings. The number of rotatable bonds is 5. The number of hydrogen-bond acceptors (Lipinski definition) is 4. The first-order valence-corrected chi connectivity index (χ1v) is 5.76. The molecule has 0 atom stereocenters. The third-order valence-corrected chi connectivity index (χ3v) is 2.68. The van der Waals surface area contributed by atoms with Crippen molar-refractivity contribution in [2.24, 2.45) is 0 Å². The number of aromatic carboxylic acids is 1. The number of carboxylic acids is 1. The predicted octanol–water partition coefficient (Wildman–Crippen LogP) is 2.36. The molecule has 0 bridgehead atoms. The molecule has 1 aromatic carbocycles. The van der Waals surface area contributed by atoms with Gasteiger partial charge in [0.05, 0.1) is 6.61 Å². The lowest BCUT2D eigenvalue weighted by Gasteiger charge is -2.08. The molecule has 1 aromatic heterocycles. The molecule has 0 spiro atoms. The molecule has 0 saturated heterocycles. The van der Waals surface area contributed by atoms with Crippen molar-refractivity contribution < 1.29 is 24.2 Å². The van der Waals surface area contributed by atoms with Crippen molar-refractivity contribution in [2.75, 3.05) is 0 Å². The summed E-state index contributed by atoms with van der Waals surface area (Å²) in [5, 5.41) is 18.0. The molecule has 2 N–H and O–H groups in total. The zero-order valence-electron chi connectivity index (χ0n) is 10.4. The zero-order valence-corrected chi connectivity index (χ0v) is 10.4. The molecular weight excluding hydrogens is 248 g/mol. The van der Waals surface area contributed by atoms with E-state index in [0.717, 1.165) is 0 Å². The highest BCUT2D eigenvalue weighted by molar-refractivity contribution is 5.86. The second-order valence-electron chi connectivity index (χ2n) is 4.08.